The van der Waals surface area contributed by atoms with E-state index in [-0.39, 0.29) is 0 Å². The fourth-order valence-electron chi connectivity index (χ4n) is 2.53. The molecule has 0 aliphatic heterocycles. The molecule has 0 aliphatic carbocycles. The summed E-state index contributed by atoms with van der Waals surface area (Å²) in [7, 11) is 0. The second-order valence-corrected chi connectivity index (χ2v) is 7.59. The van der Waals surface area contributed by atoms with Gasteiger partial charge >= 0.3 is 0 Å². The van der Waals surface area contributed by atoms with Crippen molar-refractivity contribution in [2.45, 2.75) is 24.3 Å². The highest BCUT2D eigenvalue weighted by Gasteiger charge is 2.12. The second-order valence-electron chi connectivity index (χ2n) is 5.80. The molecule has 0 saturated carbocycles. The van der Waals surface area contributed by atoms with Crippen LogP contribution in [0.3, 0.4) is 0 Å². The number of H-pyrrole nitrogens is 1. The Morgan fingerprint density at radius 1 is 1.07 bits per heavy atom. The van der Waals surface area contributed by atoms with E-state index in [2.05, 4.69) is 60.3 Å². The van der Waals surface area contributed by atoms with Crippen LogP contribution in [0.25, 0.3) is 22.8 Å². The molecule has 2 aromatic heterocycles. The zero-order chi connectivity index (χ0) is 18.6. The Morgan fingerprint density at radius 3 is 2.67 bits per heavy atom. The summed E-state index contributed by atoms with van der Waals surface area (Å²) in [6, 6.07) is 16.1. The molecule has 0 unspecified atom stereocenters. The molecule has 0 radical (unpaired) electrons. The molecule has 0 saturated heterocycles. The van der Waals surface area contributed by atoms with Crippen LogP contribution < -0.4 is 0 Å². The predicted molar refractivity (Wildman–Crippen MR) is 108 cm³/mol. The van der Waals surface area contributed by atoms with E-state index in [0.29, 0.717) is 28.4 Å². The van der Waals surface area contributed by atoms with Crippen LogP contribution >= 0.6 is 27.7 Å². The van der Waals surface area contributed by atoms with Gasteiger partial charge < -0.3 is 4.52 Å². The molecule has 27 heavy (non-hydrogen) atoms. The van der Waals surface area contributed by atoms with Gasteiger partial charge in [-0.25, -0.2) is 4.98 Å². The van der Waals surface area contributed by atoms with Gasteiger partial charge in [-0.2, -0.15) is 4.98 Å². The highest BCUT2D eigenvalue weighted by molar-refractivity contribution is 9.10. The number of benzene rings is 2. The smallest absolute Gasteiger partial charge is 0.237 e. The maximum Gasteiger partial charge on any atom is 0.237 e. The quantitative estimate of drug-likeness (QED) is 0.417. The van der Waals surface area contributed by atoms with Crippen molar-refractivity contribution in [3.8, 4) is 22.8 Å². The van der Waals surface area contributed by atoms with E-state index in [4.69, 9.17) is 4.52 Å². The first-order valence-corrected chi connectivity index (χ1v) is 10.2. The van der Waals surface area contributed by atoms with Gasteiger partial charge in [0.05, 0.1) is 5.75 Å². The number of rotatable bonds is 6. The predicted octanol–water partition coefficient (Wildman–Crippen LogP) is 5.14. The zero-order valence-corrected chi connectivity index (χ0v) is 16.9. The lowest BCUT2D eigenvalue weighted by Gasteiger charge is -1.98. The fourth-order valence-corrected chi connectivity index (χ4v) is 3.64. The lowest BCUT2D eigenvalue weighted by molar-refractivity contribution is 0.391. The monoisotopic (exact) mass is 441 g/mol. The minimum atomic E-state index is 0.507. The van der Waals surface area contributed by atoms with Crippen LogP contribution in [0.1, 0.15) is 18.4 Å². The Bertz CT molecular complexity index is 1040. The van der Waals surface area contributed by atoms with Gasteiger partial charge in [0.1, 0.15) is 0 Å². The first-order valence-electron chi connectivity index (χ1n) is 8.45. The van der Waals surface area contributed by atoms with E-state index in [9.17, 15) is 0 Å². The van der Waals surface area contributed by atoms with Crippen LogP contribution in [0.2, 0.25) is 0 Å². The van der Waals surface area contributed by atoms with Gasteiger partial charge in [0, 0.05) is 15.6 Å². The Hall–Kier alpha value is -2.45. The molecule has 2 aromatic carbocycles. The summed E-state index contributed by atoms with van der Waals surface area (Å²) in [5, 5.41) is 11.9. The Kier molecular flexibility index (Phi) is 5.35. The Morgan fingerprint density at radius 2 is 1.89 bits per heavy atom. The summed E-state index contributed by atoms with van der Waals surface area (Å²) in [4.78, 5) is 8.98. The molecule has 4 rings (SSSR count). The van der Waals surface area contributed by atoms with Crippen LogP contribution in [-0.2, 0) is 12.2 Å². The van der Waals surface area contributed by atoms with Crippen LogP contribution in [0.15, 0.2) is 62.7 Å². The second kappa shape index (κ2) is 8.06. The number of thioether (sulfide) groups is 1. The molecule has 0 fully saturated rings. The lowest BCUT2D eigenvalue weighted by atomic mass is 10.1. The fraction of sp³-hybridized carbons (Fsp3) is 0.158. The van der Waals surface area contributed by atoms with Gasteiger partial charge in [-0.3, -0.25) is 5.10 Å². The molecule has 8 heteroatoms. The van der Waals surface area contributed by atoms with Crippen LogP contribution in [0.5, 0.6) is 0 Å². The molecule has 1 N–H and O–H groups in total. The maximum absolute atomic E-state index is 5.35. The van der Waals surface area contributed by atoms with Crippen molar-refractivity contribution in [1.82, 2.24) is 25.3 Å². The van der Waals surface area contributed by atoms with Crippen LogP contribution in [0.4, 0.5) is 0 Å². The standard InChI is InChI=1S/C19H16BrN5OS/c1-2-12-7-9-13(10-8-12)17-21-16(26-25-17)11-27-19-22-18(23-24-19)14-5-3-4-6-15(14)20/h3-10H,2,11H2,1H3,(H,22,23,24). The van der Waals surface area contributed by atoms with Crippen molar-refractivity contribution in [1.29, 1.82) is 0 Å². The van der Waals surface area contributed by atoms with Crippen molar-refractivity contribution in [2.24, 2.45) is 0 Å². The van der Waals surface area contributed by atoms with Crippen LogP contribution in [0, 0.1) is 0 Å². The average molecular weight is 442 g/mol. The largest absolute Gasteiger partial charge is 0.338 e. The van der Waals surface area contributed by atoms with E-state index in [1.54, 1.807) is 0 Å². The SMILES string of the molecule is CCc1ccc(-c2noc(CSc3n[nH]c(-c4ccccc4Br)n3)n2)cc1. The number of halogens is 1. The molecule has 136 valence electrons. The molecule has 2 heterocycles. The van der Waals surface area contributed by atoms with Crippen LogP contribution in [-0.4, -0.2) is 25.3 Å². The molecule has 0 atom stereocenters. The lowest BCUT2D eigenvalue weighted by Crippen LogP contribution is -1.85. The number of aryl methyl sites for hydroxylation is 1. The average Bonchev–Trinajstić information content (AvgIpc) is 3.36. The molecule has 0 bridgehead atoms. The topological polar surface area (TPSA) is 80.5 Å². The number of aromatic nitrogens is 5. The number of aromatic amines is 1. The molecule has 0 spiro atoms. The Balaban J connectivity index is 1.42. The third-order valence-electron chi connectivity index (χ3n) is 4.01. The van der Waals surface area contributed by atoms with E-state index >= 15 is 0 Å². The van der Waals surface area contributed by atoms with Gasteiger partial charge in [-0.15, -0.1) is 5.10 Å². The molecule has 0 amide bonds. The third-order valence-corrected chi connectivity index (χ3v) is 5.53. The van der Waals surface area contributed by atoms with Gasteiger partial charge in [0.25, 0.3) is 0 Å². The first kappa shape index (κ1) is 17.9. The number of nitrogens with one attached hydrogen (secondary N) is 1. The van der Waals surface area contributed by atoms with Crippen molar-refractivity contribution in [3.05, 3.63) is 64.5 Å². The van der Waals surface area contributed by atoms with Gasteiger partial charge in [-0.1, -0.05) is 82.2 Å². The number of hydrogen-bond acceptors (Lipinski definition) is 6. The van der Waals surface area contributed by atoms with Crippen molar-refractivity contribution in [2.75, 3.05) is 0 Å². The maximum atomic E-state index is 5.35. The highest BCUT2D eigenvalue weighted by atomic mass is 79.9. The minimum absolute atomic E-state index is 0.507. The Labute approximate surface area is 168 Å². The number of nitrogens with zero attached hydrogens (tertiary/aromatic N) is 4. The summed E-state index contributed by atoms with van der Waals surface area (Å²) < 4.78 is 6.32. The molecule has 6 nitrogen and oxygen atoms in total. The summed E-state index contributed by atoms with van der Waals surface area (Å²) in [6.45, 7) is 2.13. The van der Waals surface area contributed by atoms with E-state index in [1.807, 2.05) is 36.4 Å². The molecular weight excluding hydrogens is 426 g/mol. The van der Waals surface area contributed by atoms with Crippen molar-refractivity contribution < 1.29 is 4.52 Å². The van der Waals surface area contributed by atoms with Gasteiger partial charge in [0.2, 0.25) is 16.9 Å². The van der Waals surface area contributed by atoms with Gasteiger partial charge in [0.15, 0.2) is 5.82 Å². The highest BCUT2D eigenvalue weighted by Crippen LogP contribution is 2.27. The number of hydrogen-bond donors (Lipinski definition) is 1. The molecule has 4 aromatic rings. The summed E-state index contributed by atoms with van der Waals surface area (Å²) in [5.74, 6) is 2.36. The summed E-state index contributed by atoms with van der Waals surface area (Å²) >= 11 is 4.97. The summed E-state index contributed by atoms with van der Waals surface area (Å²) in [5.41, 5.74) is 3.19. The molecule has 0 aliphatic rings. The zero-order valence-electron chi connectivity index (χ0n) is 14.5. The normalized spacial score (nSPS) is 11.0. The van der Waals surface area contributed by atoms with Gasteiger partial charge in [-0.05, 0) is 18.1 Å². The van der Waals surface area contributed by atoms with Crippen molar-refractivity contribution in [3.63, 3.8) is 0 Å². The first-order chi connectivity index (χ1) is 13.2. The summed E-state index contributed by atoms with van der Waals surface area (Å²) in [6.07, 6.45) is 1.01. The third kappa shape index (κ3) is 4.12. The van der Waals surface area contributed by atoms with Crippen molar-refractivity contribution >= 4 is 27.7 Å². The molecular formula is C19H16BrN5OS. The van der Waals surface area contributed by atoms with E-state index in [1.165, 1.54) is 17.3 Å². The minimum Gasteiger partial charge on any atom is -0.338 e. The van der Waals surface area contributed by atoms with E-state index in [0.717, 1.165) is 22.0 Å². The van der Waals surface area contributed by atoms with E-state index < -0.39 is 0 Å².